The maximum atomic E-state index is 11.7. The van der Waals surface area contributed by atoms with Crippen molar-refractivity contribution in [3.8, 4) is 0 Å². The number of para-hydroxylation sites is 1. The zero-order valence-corrected chi connectivity index (χ0v) is 9.96. The molecule has 2 aromatic rings. The molecule has 0 bridgehead atoms. The number of carbonyl (C=O) groups is 1. The van der Waals surface area contributed by atoms with Crippen molar-refractivity contribution >= 4 is 16.9 Å². The first kappa shape index (κ1) is 13.6. The summed E-state index contributed by atoms with van der Waals surface area (Å²) in [6.07, 6.45) is 1.65. The molecule has 0 spiro atoms. The zero-order chi connectivity index (χ0) is 11.4. The molecule has 93 valence electrons. The number of benzene rings is 1. The second-order valence-corrected chi connectivity index (χ2v) is 3.31. The minimum Gasteiger partial charge on any atom is -0.461 e. The molecule has 17 heavy (non-hydrogen) atoms. The summed E-state index contributed by atoms with van der Waals surface area (Å²) in [5, 5.41) is 0.921. The van der Waals surface area contributed by atoms with Crippen LogP contribution in [0, 0.1) is 0 Å². The van der Waals surface area contributed by atoms with Gasteiger partial charge in [0.2, 0.25) is 0 Å². The fourth-order valence-corrected chi connectivity index (χ4v) is 1.50. The molecule has 1 heterocycles. The number of esters is 1. The van der Waals surface area contributed by atoms with Gasteiger partial charge >= 0.3 is 5.97 Å². The predicted octanol–water partition coefficient (Wildman–Crippen LogP) is 1.35. The van der Waals surface area contributed by atoms with Crippen LogP contribution in [0.1, 0.15) is 10.4 Å². The van der Waals surface area contributed by atoms with Crippen LogP contribution in [-0.2, 0) is 21.8 Å². The van der Waals surface area contributed by atoms with Gasteiger partial charge in [-0.1, -0.05) is 18.2 Å². The van der Waals surface area contributed by atoms with Crippen molar-refractivity contribution in [2.24, 2.45) is 5.73 Å². The molecule has 2 N–H and O–H groups in total. The minimum absolute atomic E-state index is 0. The number of rotatable bonds is 3. The maximum Gasteiger partial charge on any atom is 0.340 e. The van der Waals surface area contributed by atoms with Crippen molar-refractivity contribution in [3.63, 3.8) is 0 Å². The first-order valence-electron chi connectivity index (χ1n) is 5.04. The molecule has 0 unspecified atom stereocenters. The van der Waals surface area contributed by atoms with Gasteiger partial charge in [0.05, 0.1) is 11.1 Å². The van der Waals surface area contributed by atoms with Crippen molar-refractivity contribution in [2.75, 3.05) is 13.2 Å². The van der Waals surface area contributed by atoms with Gasteiger partial charge in [-0.05, 0) is 12.1 Å². The van der Waals surface area contributed by atoms with Gasteiger partial charge in [0.1, 0.15) is 6.61 Å². The Hall–Kier alpha value is -1.42. The van der Waals surface area contributed by atoms with Crippen LogP contribution in [0.2, 0.25) is 0 Å². The third kappa shape index (κ3) is 3.03. The number of nitrogens with zero attached hydrogens (tertiary/aromatic N) is 1. The molecule has 0 aliphatic heterocycles. The number of pyridine rings is 1. The Morgan fingerprint density at radius 3 is 2.82 bits per heavy atom. The van der Waals surface area contributed by atoms with Crippen molar-refractivity contribution in [2.45, 2.75) is 0 Å². The standard InChI is InChI=1S/C12H12N2O2.Cu/c13-6-8-16-12(15)10-5-1-3-9-4-2-7-14-11(9)10;/h1-5,7H,6,8,13H2;. The summed E-state index contributed by atoms with van der Waals surface area (Å²) in [7, 11) is 0. The van der Waals surface area contributed by atoms with Gasteiger partial charge in [-0.15, -0.1) is 0 Å². The SMILES string of the molecule is NCCOC(=O)c1cccc2cccnc12.[Cu]. The number of aromatic nitrogens is 1. The first-order valence-corrected chi connectivity index (χ1v) is 5.04. The van der Waals surface area contributed by atoms with Crippen LogP contribution in [0.4, 0.5) is 0 Å². The summed E-state index contributed by atoms with van der Waals surface area (Å²) in [6, 6.07) is 9.15. The molecule has 5 heteroatoms. The Kier molecular flexibility index (Phi) is 5.09. The average molecular weight is 280 g/mol. The van der Waals surface area contributed by atoms with E-state index in [2.05, 4.69) is 4.98 Å². The fraction of sp³-hybridized carbons (Fsp3) is 0.167. The molecule has 4 nitrogen and oxygen atoms in total. The van der Waals surface area contributed by atoms with Crippen molar-refractivity contribution in [3.05, 3.63) is 42.1 Å². The molecule has 0 saturated heterocycles. The molecule has 2 rings (SSSR count). The zero-order valence-electron chi connectivity index (χ0n) is 9.02. The molecule has 0 aliphatic carbocycles. The number of hydrogen-bond donors (Lipinski definition) is 1. The molecule has 1 radical (unpaired) electrons. The second-order valence-electron chi connectivity index (χ2n) is 3.31. The molecule has 0 fully saturated rings. The summed E-state index contributed by atoms with van der Waals surface area (Å²) in [4.78, 5) is 15.9. The molecule has 0 saturated carbocycles. The van der Waals surface area contributed by atoms with Gasteiger partial charge in [-0.2, -0.15) is 0 Å². The van der Waals surface area contributed by atoms with E-state index >= 15 is 0 Å². The first-order chi connectivity index (χ1) is 7.83. The van der Waals surface area contributed by atoms with E-state index in [1.54, 1.807) is 12.3 Å². The largest absolute Gasteiger partial charge is 0.461 e. The third-order valence-electron chi connectivity index (χ3n) is 2.20. The van der Waals surface area contributed by atoms with Crippen LogP contribution < -0.4 is 5.73 Å². The second kappa shape index (κ2) is 6.35. The fourth-order valence-electron chi connectivity index (χ4n) is 1.50. The molecular weight excluding hydrogens is 268 g/mol. The topological polar surface area (TPSA) is 65.2 Å². The van der Waals surface area contributed by atoms with Gasteiger partial charge in [0.15, 0.2) is 0 Å². The van der Waals surface area contributed by atoms with Crippen molar-refractivity contribution < 1.29 is 26.6 Å². The van der Waals surface area contributed by atoms with E-state index < -0.39 is 0 Å². The average Bonchev–Trinajstić information content (AvgIpc) is 2.35. The van der Waals surface area contributed by atoms with Crippen LogP contribution in [0.25, 0.3) is 10.9 Å². The summed E-state index contributed by atoms with van der Waals surface area (Å²) >= 11 is 0. The molecule has 1 aromatic heterocycles. The Morgan fingerprint density at radius 2 is 2.06 bits per heavy atom. The molecule has 0 amide bonds. The van der Waals surface area contributed by atoms with Crippen molar-refractivity contribution in [1.29, 1.82) is 0 Å². The monoisotopic (exact) mass is 279 g/mol. The van der Waals surface area contributed by atoms with Crippen LogP contribution in [-0.4, -0.2) is 24.1 Å². The summed E-state index contributed by atoms with van der Waals surface area (Å²) in [5.74, 6) is -0.380. The Bertz CT molecular complexity index is 511. The van der Waals surface area contributed by atoms with E-state index in [1.165, 1.54) is 0 Å². The van der Waals surface area contributed by atoms with Crippen LogP contribution in [0.3, 0.4) is 0 Å². The Labute approximate surface area is 110 Å². The number of hydrogen-bond acceptors (Lipinski definition) is 4. The van der Waals surface area contributed by atoms with Crippen molar-refractivity contribution in [1.82, 2.24) is 4.98 Å². The van der Waals surface area contributed by atoms with Gasteiger partial charge < -0.3 is 10.5 Å². The summed E-state index contributed by atoms with van der Waals surface area (Å²) in [5.41, 5.74) is 6.41. The molecule has 0 atom stereocenters. The third-order valence-corrected chi connectivity index (χ3v) is 2.20. The quantitative estimate of drug-likeness (QED) is 0.680. The number of fused-ring (bicyclic) bond motifs is 1. The predicted molar refractivity (Wildman–Crippen MR) is 61.1 cm³/mol. The molecule has 0 aliphatic rings. The van der Waals surface area contributed by atoms with E-state index in [0.29, 0.717) is 17.6 Å². The van der Waals surface area contributed by atoms with Gasteiger partial charge in [-0.3, -0.25) is 4.98 Å². The van der Waals surface area contributed by atoms with Gasteiger partial charge in [-0.25, -0.2) is 4.79 Å². The number of nitrogens with two attached hydrogens (primary N) is 1. The summed E-state index contributed by atoms with van der Waals surface area (Å²) < 4.78 is 4.98. The van der Waals surface area contributed by atoms with E-state index in [0.717, 1.165) is 5.39 Å². The van der Waals surface area contributed by atoms with Gasteiger partial charge in [0, 0.05) is 35.2 Å². The van der Waals surface area contributed by atoms with Crippen LogP contribution in [0.15, 0.2) is 36.5 Å². The Balaban J connectivity index is 0.00000144. The van der Waals surface area contributed by atoms with E-state index in [4.69, 9.17) is 10.5 Å². The van der Waals surface area contributed by atoms with E-state index in [1.807, 2.05) is 24.3 Å². The van der Waals surface area contributed by atoms with E-state index in [9.17, 15) is 4.79 Å². The van der Waals surface area contributed by atoms with Crippen LogP contribution >= 0.6 is 0 Å². The van der Waals surface area contributed by atoms with Gasteiger partial charge in [0.25, 0.3) is 0 Å². The van der Waals surface area contributed by atoms with E-state index in [-0.39, 0.29) is 29.6 Å². The molecular formula is C12H12CuN2O2. The number of carbonyl (C=O) groups excluding carboxylic acids is 1. The molecule has 1 aromatic carbocycles. The Morgan fingerprint density at radius 1 is 1.29 bits per heavy atom. The number of ether oxygens (including phenoxy) is 1. The normalized spacial score (nSPS) is 9.71. The van der Waals surface area contributed by atoms with Crippen LogP contribution in [0.5, 0.6) is 0 Å². The smallest absolute Gasteiger partial charge is 0.340 e. The minimum atomic E-state index is -0.380. The maximum absolute atomic E-state index is 11.7. The summed E-state index contributed by atoms with van der Waals surface area (Å²) in [6.45, 7) is 0.548.